The first-order valence-corrected chi connectivity index (χ1v) is 16.3. The average Bonchev–Trinajstić information content (AvgIpc) is 3.06. The Morgan fingerprint density at radius 1 is 0.956 bits per heavy atom. The molecular weight excluding hydrogens is 615 g/mol. The molecule has 2 N–H and O–H groups in total. The first-order chi connectivity index (χ1) is 21.6. The van der Waals surface area contributed by atoms with E-state index in [0.717, 1.165) is 12.1 Å². The van der Waals surface area contributed by atoms with Gasteiger partial charge in [0, 0.05) is 71.9 Å². The molecule has 45 heavy (non-hydrogen) atoms. The number of aromatic nitrogens is 2. The van der Waals surface area contributed by atoms with E-state index in [-0.39, 0.29) is 68.2 Å². The van der Waals surface area contributed by atoms with Crippen molar-refractivity contribution in [2.24, 2.45) is 0 Å². The number of ether oxygens (including phenoxy) is 3. The lowest BCUT2D eigenvalue weighted by Gasteiger charge is -2.40. The molecular formula is C28H35FN6O9S. The Morgan fingerprint density at radius 3 is 2.33 bits per heavy atom. The Labute approximate surface area is 258 Å². The Morgan fingerprint density at radius 2 is 1.62 bits per heavy atom. The van der Waals surface area contributed by atoms with Crippen molar-refractivity contribution in [1.29, 1.82) is 0 Å². The molecule has 6 rings (SSSR count). The number of hydrogen-bond acceptors (Lipinski definition) is 10. The molecule has 0 bridgehead atoms. The van der Waals surface area contributed by atoms with E-state index in [1.165, 1.54) is 14.9 Å². The van der Waals surface area contributed by atoms with Crippen molar-refractivity contribution in [3.8, 4) is 5.75 Å². The van der Waals surface area contributed by atoms with Crippen LogP contribution in [-0.4, -0.2) is 121 Å². The van der Waals surface area contributed by atoms with E-state index >= 15 is 0 Å². The van der Waals surface area contributed by atoms with Gasteiger partial charge in [-0.3, -0.25) is 14.2 Å². The average molecular weight is 651 g/mol. The highest BCUT2D eigenvalue weighted by Gasteiger charge is 2.43. The number of benzene rings is 1. The van der Waals surface area contributed by atoms with E-state index in [1.807, 2.05) is 0 Å². The topological polar surface area (TPSA) is 173 Å². The zero-order valence-corrected chi connectivity index (χ0v) is 25.4. The summed E-state index contributed by atoms with van der Waals surface area (Å²) in [4.78, 5) is 46.4. The van der Waals surface area contributed by atoms with Crippen molar-refractivity contribution in [2.75, 3.05) is 72.3 Å². The first-order valence-electron chi connectivity index (χ1n) is 14.8. The summed E-state index contributed by atoms with van der Waals surface area (Å²) >= 11 is 0. The highest BCUT2D eigenvalue weighted by molar-refractivity contribution is 7.89. The normalized spacial score (nSPS) is 20.6. The van der Waals surface area contributed by atoms with Crippen LogP contribution in [0, 0.1) is 5.82 Å². The molecule has 17 heteroatoms. The van der Waals surface area contributed by atoms with Crippen molar-refractivity contribution in [3.63, 3.8) is 0 Å². The summed E-state index contributed by atoms with van der Waals surface area (Å²) in [6.45, 7) is 2.94. The number of carbonyl (C=O) groups excluding carboxylic acids is 2. The molecule has 2 aromatic rings. The highest BCUT2D eigenvalue weighted by Crippen LogP contribution is 2.37. The summed E-state index contributed by atoms with van der Waals surface area (Å²) in [5, 5.41) is 13.2. The summed E-state index contributed by atoms with van der Waals surface area (Å²) in [5.41, 5.74) is -2.14. The molecule has 1 aromatic heterocycles. The molecule has 0 unspecified atom stereocenters. The summed E-state index contributed by atoms with van der Waals surface area (Å²) in [6.07, 6.45) is 0.829. The molecule has 3 fully saturated rings. The van der Waals surface area contributed by atoms with Crippen LogP contribution in [0.1, 0.15) is 34.7 Å². The van der Waals surface area contributed by atoms with Crippen LogP contribution in [0.25, 0.3) is 0 Å². The maximum absolute atomic E-state index is 14.4. The van der Waals surface area contributed by atoms with Crippen LogP contribution in [0.2, 0.25) is 0 Å². The van der Waals surface area contributed by atoms with Crippen molar-refractivity contribution >= 4 is 22.0 Å². The molecule has 0 radical (unpaired) electrons. The lowest BCUT2D eigenvalue weighted by Crippen LogP contribution is -2.55. The summed E-state index contributed by atoms with van der Waals surface area (Å²) in [6, 6.07) is 3.03. The van der Waals surface area contributed by atoms with Crippen molar-refractivity contribution in [3.05, 3.63) is 51.5 Å². The van der Waals surface area contributed by atoms with Crippen molar-refractivity contribution in [2.45, 2.75) is 36.4 Å². The predicted molar refractivity (Wildman–Crippen MR) is 154 cm³/mol. The molecule has 0 aliphatic carbocycles. The lowest BCUT2D eigenvalue weighted by molar-refractivity contribution is -0.139. The minimum absolute atomic E-state index is 0.00640. The summed E-state index contributed by atoms with van der Waals surface area (Å²) in [7, 11) is -4.22. The van der Waals surface area contributed by atoms with Crippen molar-refractivity contribution < 1.29 is 41.7 Å². The van der Waals surface area contributed by atoms with Crippen LogP contribution in [-0.2, 0) is 42.9 Å². The number of carbonyl (C=O) groups is 2. The number of urea groups is 1. The molecule has 5 heterocycles. The van der Waals surface area contributed by atoms with Crippen molar-refractivity contribution in [1.82, 2.24) is 29.0 Å². The van der Waals surface area contributed by atoms with Crippen LogP contribution in [0.5, 0.6) is 5.75 Å². The fourth-order valence-electron chi connectivity index (χ4n) is 6.11. The Bertz CT molecular complexity index is 1630. The molecule has 3 saturated heterocycles. The molecule has 4 aliphatic rings. The lowest BCUT2D eigenvalue weighted by atomic mass is 9.91. The quantitative estimate of drug-likeness (QED) is 0.442. The molecule has 0 atom stereocenters. The van der Waals surface area contributed by atoms with Gasteiger partial charge in [0.1, 0.15) is 17.2 Å². The van der Waals surface area contributed by atoms with Gasteiger partial charge in [0.2, 0.25) is 15.8 Å². The number of morpholine rings is 1. The number of halogens is 1. The van der Waals surface area contributed by atoms with E-state index in [4.69, 9.17) is 14.2 Å². The molecule has 244 valence electrons. The number of sulfonamides is 1. The van der Waals surface area contributed by atoms with E-state index in [9.17, 15) is 32.3 Å². The van der Waals surface area contributed by atoms with E-state index in [1.54, 1.807) is 9.80 Å². The second-order valence-electron chi connectivity index (χ2n) is 11.3. The summed E-state index contributed by atoms with van der Waals surface area (Å²) < 4.78 is 61.0. The van der Waals surface area contributed by atoms with Crippen LogP contribution >= 0.6 is 0 Å². The number of rotatable bonds is 5. The molecule has 1 spiro atoms. The Balaban J connectivity index is 1.18. The largest absolute Gasteiger partial charge is 0.501 e. The highest BCUT2D eigenvalue weighted by atomic mass is 32.2. The van der Waals surface area contributed by atoms with Gasteiger partial charge in [-0.1, -0.05) is 6.07 Å². The molecule has 4 aliphatic heterocycles. The minimum Gasteiger partial charge on any atom is -0.501 e. The SMILES string of the molecule is O=C(NCc1ccc(F)cc1S(=O)(=O)N1CCN(C(=O)N2CCOCC2)CC1)c1nc2n(c(=O)c1O)CCOC21CCOCC1. The monoisotopic (exact) mass is 650 g/mol. The third kappa shape index (κ3) is 6.02. The number of nitrogens with one attached hydrogen (secondary N) is 1. The maximum Gasteiger partial charge on any atom is 0.320 e. The second kappa shape index (κ2) is 12.6. The standard InChI is InChI=1S/C28H35FN6O9S/c29-20-2-1-19(21(17-20)45(40,41)34-7-5-32(6-8-34)27(39)33-9-14-43-15-10-33)18-30-24(37)22-23(36)25(38)35-11-16-44-28(26(35)31-22)3-12-42-13-4-28/h1-2,17,36H,3-16,18H2,(H,30,37). The predicted octanol–water partition coefficient (Wildman–Crippen LogP) is -0.188. The molecule has 15 nitrogen and oxygen atoms in total. The van der Waals surface area contributed by atoms with Gasteiger partial charge >= 0.3 is 6.03 Å². The number of aromatic hydroxyl groups is 1. The number of piperazine rings is 1. The molecule has 3 amide bonds. The van der Waals surface area contributed by atoms with Gasteiger partial charge < -0.3 is 34.4 Å². The fraction of sp³-hybridized carbons (Fsp3) is 0.571. The van der Waals surface area contributed by atoms with Crippen LogP contribution in [0.3, 0.4) is 0 Å². The number of hydrogen-bond donors (Lipinski definition) is 2. The molecule has 1 aromatic carbocycles. The van der Waals surface area contributed by atoms with Crippen LogP contribution in [0.4, 0.5) is 9.18 Å². The molecule has 0 saturated carbocycles. The fourth-order valence-corrected chi connectivity index (χ4v) is 7.77. The number of amides is 3. The number of fused-ring (bicyclic) bond motifs is 2. The van der Waals surface area contributed by atoms with Crippen LogP contribution in [0.15, 0.2) is 27.9 Å². The van der Waals surface area contributed by atoms with Gasteiger partial charge in [0.25, 0.3) is 11.5 Å². The van der Waals surface area contributed by atoms with E-state index in [2.05, 4.69) is 10.3 Å². The number of nitrogens with zero attached hydrogens (tertiary/aromatic N) is 5. The Hall–Kier alpha value is -3.64. The third-order valence-electron chi connectivity index (χ3n) is 8.64. The van der Waals surface area contributed by atoms with E-state index in [0.29, 0.717) is 52.4 Å². The zero-order valence-electron chi connectivity index (χ0n) is 24.6. The van der Waals surface area contributed by atoms with Crippen LogP contribution < -0.4 is 10.9 Å². The maximum atomic E-state index is 14.4. The zero-order chi connectivity index (χ0) is 31.8. The third-order valence-corrected chi connectivity index (χ3v) is 10.6. The van der Waals surface area contributed by atoms with Gasteiger partial charge in [-0.2, -0.15) is 4.31 Å². The second-order valence-corrected chi connectivity index (χ2v) is 13.2. The van der Waals surface area contributed by atoms with Gasteiger partial charge in [0.15, 0.2) is 5.69 Å². The van der Waals surface area contributed by atoms with E-state index < -0.39 is 44.4 Å². The van der Waals surface area contributed by atoms with Gasteiger partial charge in [-0.05, 0) is 17.7 Å². The van der Waals surface area contributed by atoms with Gasteiger partial charge in [-0.15, -0.1) is 0 Å². The summed E-state index contributed by atoms with van der Waals surface area (Å²) in [5.74, 6) is -2.31. The Kier molecular flexibility index (Phi) is 8.80. The minimum atomic E-state index is -4.22. The smallest absolute Gasteiger partial charge is 0.320 e. The van der Waals surface area contributed by atoms with Gasteiger partial charge in [-0.25, -0.2) is 22.6 Å². The van der Waals surface area contributed by atoms with Gasteiger partial charge in [0.05, 0.1) is 31.3 Å². The first kappa shape index (κ1) is 31.3.